The molecule has 21 heavy (non-hydrogen) atoms. The number of nitrogens with one attached hydrogen (secondary N) is 1. The number of hydrogen-bond acceptors (Lipinski definition) is 3. The van der Waals surface area contributed by atoms with E-state index in [1.54, 1.807) is 0 Å². The van der Waals surface area contributed by atoms with Gasteiger partial charge in [0.05, 0.1) is 0 Å². The molecule has 1 aliphatic heterocycles. The minimum Gasteiger partial charge on any atom is -0.335 e. The van der Waals surface area contributed by atoms with Gasteiger partial charge in [-0.25, -0.2) is 4.79 Å². The third-order valence-corrected chi connectivity index (χ3v) is 4.71. The second kappa shape index (κ2) is 8.59. The van der Waals surface area contributed by atoms with Gasteiger partial charge in [-0.05, 0) is 26.9 Å². The Morgan fingerprint density at radius 2 is 1.67 bits per heavy atom. The fraction of sp³-hybridized carbons (Fsp3) is 0.938. The summed E-state index contributed by atoms with van der Waals surface area (Å²) in [6.07, 6.45) is 7.52. The Kier molecular flexibility index (Phi) is 6.77. The van der Waals surface area contributed by atoms with Crippen LogP contribution in [0.3, 0.4) is 0 Å². The van der Waals surface area contributed by atoms with Crippen molar-refractivity contribution in [1.82, 2.24) is 20.0 Å². The first-order chi connectivity index (χ1) is 10.1. The van der Waals surface area contributed by atoms with E-state index in [1.165, 1.54) is 25.7 Å². The molecule has 1 N–H and O–H groups in total. The molecular formula is C16H32N4O. The molecule has 0 unspecified atom stereocenters. The van der Waals surface area contributed by atoms with Gasteiger partial charge in [0.25, 0.3) is 0 Å². The predicted molar refractivity (Wildman–Crippen MR) is 86.6 cm³/mol. The molecule has 1 saturated carbocycles. The van der Waals surface area contributed by atoms with Gasteiger partial charge in [-0.1, -0.05) is 25.7 Å². The highest BCUT2D eigenvalue weighted by Crippen LogP contribution is 2.17. The number of hydrogen-bond donors (Lipinski definition) is 1. The average molecular weight is 296 g/mol. The van der Waals surface area contributed by atoms with Crippen molar-refractivity contribution < 1.29 is 4.79 Å². The molecule has 1 aliphatic carbocycles. The molecule has 5 nitrogen and oxygen atoms in total. The maximum atomic E-state index is 12.3. The molecule has 1 saturated heterocycles. The molecule has 0 aromatic carbocycles. The number of nitrogens with zero attached hydrogens (tertiary/aromatic N) is 3. The van der Waals surface area contributed by atoms with Gasteiger partial charge >= 0.3 is 6.03 Å². The van der Waals surface area contributed by atoms with Gasteiger partial charge in [-0.15, -0.1) is 0 Å². The maximum Gasteiger partial charge on any atom is 0.317 e. The number of carbonyl (C=O) groups is 1. The Balaban J connectivity index is 1.67. The summed E-state index contributed by atoms with van der Waals surface area (Å²) in [5, 5.41) is 3.25. The maximum absolute atomic E-state index is 12.3. The average Bonchev–Trinajstić information content (AvgIpc) is 2.74. The first-order valence-corrected chi connectivity index (χ1v) is 8.57. The van der Waals surface area contributed by atoms with Crippen molar-refractivity contribution in [3.05, 3.63) is 0 Å². The third kappa shape index (κ3) is 5.83. The zero-order valence-electron chi connectivity index (χ0n) is 13.8. The van der Waals surface area contributed by atoms with Crippen molar-refractivity contribution in [2.45, 2.75) is 44.6 Å². The van der Waals surface area contributed by atoms with Gasteiger partial charge in [-0.2, -0.15) is 0 Å². The highest BCUT2D eigenvalue weighted by Gasteiger charge is 2.23. The topological polar surface area (TPSA) is 38.8 Å². The minimum absolute atomic E-state index is 0.161. The number of piperazine rings is 1. The van der Waals surface area contributed by atoms with Gasteiger partial charge < -0.3 is 15.1 Å². The van der Waals surface area contributed by atoms with Gasteiger partial charge in [-0.3, -0.25) is 4.90 Å². The molecular weight excluding hydrogens is 264 g/mol. The first-order valence-electron chi connectivity index (χ1n) is 8.57. The van der Waals surface area contributed by atoms with Gasteiger partial charge in [0.2, 0.25) is 0 Å². The molecule has 2 aliphatic rings. The van der Waals surface area contributed by atoms with Crippen molar-refractivity contribution in [1.29, 1.82) is 0 Å². The minimum atomic E-state index is 0.161. The van der Waals surface area contributed by atoms with Crippen LogP contribution < -0.4 is 5.32 Å². The lowest BCUT2D eigenvalue weighted by molar-refractivity contribution is 0.131. The van der Waals surface area contributed by atoms with Crippen LogP contribution in [0.25, 0.3) is 0 Å². The number of likely N-dealkylation sites (N-methyl/N-ethyl adjacent to an activating group) is 1. The normalized spacial score (nSPS) is 22.3. The molecule has 0 atom stereocenters. The Labute approximate surface area is 129 Å². The SMILES string of the molecule is CN(C)CCN1CCN(C(=O)NC2CCCCCC2)CC1. The van der Waals surface area contributed by atoms with Gasteiger partial charge in [0.15, 0.2) is 0 Å². The molecule has 0 radical (unpaired) electrons. The van der Waals surface area contributed by atoms with E-state index in [1.807, 2.05) is 4.90 Å². The Hall–Kier alpha value is -0.810. The van der Waals surface area contributed by atoms with Crippen LogP contribution in [0.15, 0.2) is 0 Å². The fourth-order valence-electron chi connectivity index (χ4n) is 3.21. The van der Waals surface area contributed by atoms with E-state index in [2.05, 4.69) is 29.2 Å². The fourth-order valence-corrected chi connectivity index (χ4v) is 3.21. The molecule has 0 aromatic rings. The summed E-state index contributed by atoms with van der Waals surface area (Å²) in [4.78, 5) is 19.0. The molecule has 122 valence electrons. The molecule has 0 aromatic heterocycles. The summed E-state index contributed by atoms with van der Waals surface area (Å²) in [6.45, 7) is 5.94. The molecule has 1 heterocycles. The van der Waals surface area contributed by atoms with Crippen LogP contribution in [0.5, 0.6) is 0 Å². The Morgan fingerprint density at radius 1 is 1.05 bits per heavy atom. The van der Waals surface area contributed by atoms with E-state index in [0.29, 0.717) is 6.04 Å². The molecule has 0 spiro atoms. The van der Waals surface area contributed by atoms with Crippen molar-refractivity contribution in [3.8, 4) is 0 Å². The van der Waals surface area contributed by atoms with Crippen molar-refractivity contribution in [3.63, 3.8) is 0 Å². The molecule has 2 fully saturated rings. The van der Waals surface area contributed by atoms with Crippen LogP contribution >= 0.6 is 0 Å². The van der Waals surface area contributed by atoms with Crippen molar-refractivity contribution >= 4 is 6.03 Å². The number of carbonyl (C=O) groups excluding carboxylic acids is 1. The summed E-state index contributed by atoms with van der Waals surface area (Å²) >= 11 is 0. The van der Waals surface area contributed by atoms with Crippen LogP contribution in [0.4, 0.5) is 4.79 Å². The van der Waals surface area contributed by atoms with Crippen LogP contribution in [-0.2, 0) is 0 Å². The standard InChI is InChI=1S/C16H32N4O/c1-18(2)9-10-19-11-13-20(14-12-19)16(21)17-15-7-5-3-4-6-8-15/h15H,3-14H2,1-2H3,(H,17,21). The van der Waals surface area contributed by atoms with E-state index in [4.69, 9.17) is 0 Å². The molecule has 2 amide bonds. The summed E-state index contributed by atoms with van der Waals surface area (Å²) in [6, 6.07) is 0.570. The summed E-state index contributed by atoms with van der Waals surface area (Å²) in [7, 11) is 4.22. The van der Waals surface area contributed by atoms with E-state index in [-0.39, 0.29) is 6.03 Å². The summed E-state index contributed by atoms with van der Waals surface area (Å²) in [5.74, 6) is 0. The van der Waals surface area contributed by atoms with Crippen LogP contribution in [0.1, 0.15) is 38.5 Å². The lowest BCUT2D eigenvalue weighted by atomic mass is 10.1. The largest absolute Gasteiger partial charge is 0.335 e. The van der Waals surface area contributed by atoms with E-state index >= 15 is 0 Å². The van der Waals surface area contributed by atoms with E-state index < -0.39 is 0 Å². The van der Waals surface area contributed by atoms with Crippen molar-refractivity contribution in [2.24, 2.45) is 0 Å². The zero-order chi connectivity index (χ0) is 15.1. The monoisotopic (exact) mass is 296 g/mol. The molecule has 0 bridgehead atoms. The number of urea groups is 1. The number of rotatable bonds is 4. The lowest BCUT2D eigenvalue weighted by Crippen LogP contribution is -2.54. The Morgan fingerprint density at radius 3 is 2.24 bits per heavy atom. The molecule has 2 rings (SSSR count). The number of amides is 2. The van der Waals surface area contributed by atoms with Crippen LogP contribution in [0, 0.1) is 0 Å². The quantitative estimate of drug-likeness (QED) is 0.801. The smallest absolute Gasteiger partial charge is 0.317 e. The zero-order valence-corrected chi connectivity index (χ0v) is 13.8. The first kappa shape index (κ1) is 16.6. The molecule has 5 heteroatoms. The summed E-state index contributed by atoms with van der Waals surface area (Å²) in [5.41, 5.74) is 0. The van der Waals surface area contributed by atoms with Crippen molar-refractivity contribution in [2.75, 3.05) is 53.4 Å². The third-order valence-electron chi connectivity index (χ3n) is 4.71. The predicted octanol–water partition coefficient (Wildman–Crippen LogP) is 1.60. The second-order valence-corrected chi connectivity index (χ2v) is 6.77. The lowest BCUT2D eigenvalue weighted by Gasteiger charge is -2.35. The van der Waals surface area contributed by atoms with Crippen LogP contribution in [0.2, 0.25) is 0 Å². The highest BCUT2D eigenvalue weighted by molar-refractivity contribution is 5.74. The van der Waals surface area contributed by atoms with Gasteiger partial charge in [0, 0.05) is 45.3 Å². The van der Waals surface area contributed by atoms with E-state index in [0.717, 1.165) is 52.1 Å². The summed E-state index contributed by atoms with van der Waals surface area (Å²) < 4.78 is 0. The Bertz CT molecular complexity index is 305. The highest BCUT2D eigenvalue weighted by atomic mass is 16.2. The van der Waals surface area contributed by atoms with Gasteiger partial charge in [0.1, 0.15) is 0 Å². The van der Waals surface area contributed by atoms with E-state index in [9.17, 15) is 4.79 Å². The van der Waals surface area contributed by atoms with Crippen LogP contribution in [-0.4, -0.2) is 80.1 Å². The second-order valence-electron chi connectivity index (χ2n) is 6.77.